The molecule has 0 radical (unpaired) electrons. The average molecular weight is 317 g/mol. The van der Waals surface area contributed by atoms with Crippen LogP contribution in [0.1, 0.15) is 65.2 Å². The van der Waals surface area contributed by atoms with Gasteiger partial charge in [0.2, 0.25) is 6.33 Å². The third-order valence-electron chi connectivity index (χ3n) is 4.40. The van der Waals surface area contributed by atoms with Gasteiger partial charge < -0.3 is 4.74 Å². The lowest BCUT2D eigenvalue weighted by atomic mass is 10.2. The Hall–Kier alpha value is -1.35. The predicted molar refractivity (Wildman–Crippen MR) is 96.4 cm³/mol. The minimum Gasteiger partial charge on any atom is -0.342 e. The van der Waals surface area contributed by atoms with Crippen LogP contribution in [0.25, 0.3) is 11.0 Å². The highest BCUT2D eigenvalue weighted by atomic mass is 16.5. The first-order valence-electron chi connectivity index (χ1n) is 9.41. The molecule has 0 atom stereocenters. The second-order valence-electron chi connectivity index (χ2n) is 6.43. The zero-order chi connectivity index (χ0) is 16.3. The van der Waals surface area contributed by atoms with Crippen LogP contribution in [-0.4, -0.2) is 11.2 Å². The molecule has 0 saturated heterocycles. The molecular formula is C20H33N2O+. The molecule has 0 fully saturated rings. The quantitative estimate of drug-likeness (QED) is 0.395. The second-order valence-corrected chi connectivity index (χ2v) is 6.43. The topological polar surface area (TPSA) is 18.0 Å². The van der Waals surface area contributed by atoms with Gasteiger partial charge in [-0.25, -0.2) is 9.13 Å². The van der Waals surface area contributed by atoms with E-state index >= 15 is 0 Å². The van der Waals surface area contributed by atoms with Gasteiger partial charge in [0, 0.05) is 0 Å². The Balaban J connectivity index is 1.91. The molecule has 0 saturated carbocycles. The third kappa shape index (κ3) is 5.65. The van der Waals surface area contributed by atoms with Gasteiger partial charge in [0.25, 0.3) is 0 Å². The number of hydrogen-bond donors (Lipinski definition) is 0. The number of imidazole rings is 1. The van der Waals surface area contributed by atoms with Crippen LogP contribution in [0.5, 0.6) is 0 Å². The van der Waals surface area contributed by atoms with E-state index in [2.05, 4.69) is 53.6 Å². The Kier molecular flexibility index (Phi) is 8.16. The lowest BCUT2D eigenvalue weighted by Gasteiger charge is -2.01. The van der Waals surface area contributed by atoms with Crippen molar-refractivity contribution in [2.75, 3.05) is 6.61 Å². The summed E-state index contributed by atoms with van der Waals surface area (Å²) in [7, 11) is 0. The van der Waals surface area contributed by atoms with Crippen molar-refractivity contribution in [2.24, 2.45) is 0 Å². The van der Waals surface area contributed by atoms with Crippen molar-refractivity contribution in [3.63, 3.8) is 0 Å². The molecule has 0 amide bonds. The Morgan fingerprint density at radius 3 is 2.43 bits per heavy atom. The Bertz CT molecular complexity index is 562. The first-order chi connectivity index (χ1) is 11.4. The molecular weight excluding hydrogens is 284 g/mol. The number of ether oxygens (including phenoxy) is 1. The van der Waals surface area contributed by atoms with Crippen molar-refractivity contribution in [2.45, 2.75) is 78.5 Å². The molecule has 0 unspecified atom stereocenters. The number of benzene rings is 1. The summed E-state index contributed by atoms with van der Waals surface area (Å²) >= 11 is 0. The van der Waals surface area contributed by atoms with Crippen molar-refractivity contribution in [3.05, 3.63) is 30.6 Å². The number of unbranched alkanes of at least 4 members (excludes halogenated alkanes) is 6. The van der Waals surface area contributed by atoms with Crippen molar-refractivity contribution in [1.29, 1.82) is 0 Å². The van der Waals surface area contributed by atoms with Crippen LogP contribution in [0.4, 0.5) is 0 Å². The van der Waals surface area contributed by atoms with Gasteiger partial charge in [-0.1, -0.05) is 58.1 Å². The molecule has 0 N–H and O–H groups in total. The van der Waals surface area contributed by atoms with E-state index in [-0.39, 0.29) is 0 Å². The normalized spacial score (nSPS) is 11.4. The number of hydrogen-bond acceptors (Lipinski definition) is 1. The van der Waals surface area contributed by atoms with Gasteiger partial charge >= 0.3 is 0 Å². The maximum atomic E-state index is 5.88. The van der Waals surface area contributed by atoms with E-state index < -0.39 is 0 Å². The number of fused-ring (bicyclic) bond motifs is 1. The molecule has 0 aliphatic carbocycles. The molecule has 3 heteroatoms. The van der Waals surface area contributed by atoms with Gasteiger partial charge in [0.05, 0.1) is 13.2 Å². The van der Waals surface area contributed by atoms with Crippen LogP contribution in [0, 0.1) is 0 Å². The Morgan fingerprint density at radius 2 is 1.65 bits per heavy atom. The number of rotatable bonds is 12. The zero-order valence-electron chi connectivity index (χ0n) is 15.0. The van der Waals surface area contributed by atoms with Crippen LogP contribution >= 0.6 is 0 Å². The van der Waals surface area contributed by atoms with Crippen LogP contribution in [0.15, 0.2) is 30.6 Å². The average Bonchev–Trinajstić information content (AvgIpc) is 2.93. The van der Waals surface area contributed by atoms with Crippen LogP contribution in [0.3, 0.4) is 0 Å². The Labute approximate surface area is 141 Å². The van der Waals surface area contributed by atoms with E-state index in [1.54, 1.807) is 0 Å². The van der Waals surface area contributed by atoms with E-state index in [4.69, 9.17) is 4.74 Å². The van der Waals surface area contributed by atoms with E-state index in [1.165, 1.54) is 62.4 Å². The van der Waals surface area contributed by atoms with E-state index in [9.17, 15) is 0 Å². The zero-order valence-corrected chi connectivity index (χ0v) is 15.0. The van der Waals surface area contributed by atoms with Crippen LogP contribution in [0.2, 0.25) is 0 Å². The highest BCUT2D eigenvalue weighted by molar-refractivity contribution is 5.71. The fourth-order valence-electron chi connectivity index (χ4n) is 3.03. The molecule has 128 valence electrons. The summed E-state index contributed by atoms with van der Waals surface area (Å²) in [5, 5.41) is 0. The number of aryl methyl sites for hydroxylation is 1. The van der Waals surface area contributed by atoms with Gasteiger partial charge in [-0.05, 0) is 31.4 Å². The van der Waals surface area contributed by atoms with E-state index in [1.807, 2.05) is 0 Å². The minimum absolute atomic E-state index is 0.661. The summed E-state index contributed by atoms with van der Waals surface area (Å²) in [6.07, 6.45) is 12.5. The third-order valence-corrected chi connectivity index (χ3v) is 4.40. The van der Waals surface area contributed by atoms with Crippen LogP contribution < -0.4 is 4.57 Å². The smallest absolute Gasteiger partial charge is 0.246 e. The molecule has 1 aromatic carbocycles. The SMILES string of the molecule is CCCCCCOC[n+]1cn(CCCCCC)c2ccccc21. The number of para-hydroxylation sites is 2. The lowest BCUT2D eigenvalue weighted by molar-refractivity contribution is -0.710. The summed E-state index contributed by atoms with van der Waals surface area (Å²) in [5.41, 5.74) is 2.59. The van der Waals surface area contributed by atoms with Gasteiger partial charge in [-0.15, -0.1) is 0 Å². The highest BCUT2D eigenvalue weighted by Crippen LogP contribution is 2.12. The molecule has 0 bridgehead atoms. The molecule has 2 aromatic rings. The summed E-state index contributed by atoms with van der Waals surface area (Å²) in [6, 6.07) is 8.65. The van der Waals surface area contributed by atoms with Crippen molar-refractivity contribution in [3.8, 4) is 0 Å². The molecule has 23 heavy (non-hydrogen) atoms. The second kappa shape index (κ2) is 10.4. The van der Waals surface area contributed by atoms with Gasteiger partial charge in [0.15, 0.2) is 17.8 Å². The van der Waals surface area contributed by atoms with Crippen molar-refractivity contribution < 1.29 is 9.30 Å². The number of aromatic nitrogens is 2. The lowest BCUT2D eigenvalue weighted by Crippen LogP contribution is -2.34. The Morgan fingerprint density at radius 1 is 0.913 bits per heavy atom. The fourth-order valence-corrected chi connectivity index (χ4v) is 3.03. The van der Waals surface area contributed by atoms with Crippen LogP contribution in [-0.2, 0) is 18.0 Å². The number of nitrogens with zero attached hydrogens (tertiary/aromatic N) is 2. The monoisotopic (exact) mass is 317 g/mol. The summed E-state index contributed by atoms with van der Waals surface area (Å²) in [6.45, 7) is 7.13. The molecule has 1 aromatic heterocycles. The largest absolute Gasteiger partial charge is 0.342 e. The van der Waals surface area contributed by atoms with E-state index in [0.717, 1.165) is 13.2 Å². The molecule has 0 spiro atoms. The summed E-state index contributed by atoms with van der Waals surface area (Å²) < 4.78 is 10.5. The maximum absolute atomic E-state index is 5.88. The highest BCUT2D eigenvalue weighted by Gasteiger charge is 2.14. The van der Waals surface area contributed by atoms with Gasteiger partial charge in [0.1, 0.15) is 0 Å². The van der Waals surface area contributed by atoms with Gasteiger partial charge in [-0.3, -0.25) is 0 Å². The van der Waals surface area contributed by atoms with E-state index in [0.29, 0.717) is 6.73 Å². The fraction of sp³-hybridized carbons (Fsp3) is 0.650. The minimum atomic E-state index is 0.661. The standard InChI is InChI=1S/C20H33N2O/c1-3-5-7-11-15-21-17-22(18-23-16-12-8-6-4-2)20-14-10-9-13-19(20)21/h9-10,13-14,17H,3-8,11-12,15-16,18H2,1-2H3/q+1. The van der Waals surface area contributed by atoms with Crippen molar-refractivity contribution in [1.82, 2.24) is 4.57 Å². The first kappa shape index (κ1) is 18.0. The molecule has 2 rings (SSSR count). The first-order valence-corrected chi connectivity index (χ1v) is 9.41. The molecule has 1 heterocycles. The molecule has 3 nitrogen and oxygen atoms in total. The maximum Gasteiger partial charge on any atom is 0.246 e. The summed E-state index contributed by atoms with van der Waals surface area (Å²) in [5.74, 6) is 0. The van der Waals surface area contributed by atoms with Crippen molar-refractivity contribution >= 4 is 11.0 Å². The predicted octanol–water partition coefficient (Wildman–Crippen LogP) is 5.06. The molecule has 0 aliphatic heterocycles. The van der Waals surface area contributed by atoms with Gasteiger partial charge in [-0.2, -0.15) is 0 Å². The molecule has 0 aliphatic rings. The summed E-state index contributed by atoms with van der Waals surface area (Å²) in [4.78, 5) is 0.